The third-order valence-electron chi connectivity index (χ3n) is 3.67. The fraction of sp³-hybridized carbons (Fsp3) is 0.786. The van der Waals surface area contributed by atoms with Crippen LogP contribution in [0.15, 0.2) is 0 Å². The fourth-order valence-electron chi connectivity index (χ4n) is 2.55. The number of carboxylic acid groups (broad SMARTS) is 1. The minimum Gasteiger partial charge on any atom is -0.480 e. The predicted molar refractivity (Wildman–Crippen MR) is 78.8 cm³/mol. The van der Waals surface area contributed by atoms with Crippen LogP contribution in [0.4, 0.5) is 0 Å². The first kappa shape index (κ1) is 18.4. The van der Waals surface area contributed by atoms with E-state index in [2.05, 4.69) is 5.32 Å². The molecule has 1 fully saturated rings. The Hall–Kier alpha value is -1.67. The summed E-state index contributed by atoms with van der Waals surface area (Å²) >= 11 is 0. The van der Waals surface area contributed by atoms with Crippen LogP contribution in [0.3, 0.4) is 0 Å². The van der Waals surface area contributed by atoms with Gasteiger partial charge in [0.1, 0.15) is 18.1 Å². The average molecular weight is 315 g/mol. The molecule has 1 heterocycles. The van der Waals surface area contributed by atoms with Crippen LogP contribution in [0.25, 0.3) is 0 Å². The van der Waals surface area contributed by atoms with Gasteiger partial charge >= 0.3 is 5.97 Å². The molecule has 22 heavy (non-hydrogen) atoms. The van der Waals surface area contributed by atoms with E-state index < -0.39 is 42.5 Å². The van der Waals surface area contributed by atoms with E-state index >= 15 is 0 Å². The molecule has 126 valence electrons. The van der Waals surface area contributed by atoms with Crippen molar-refractivity contribution in [1.29, 1.82) is 0 Å². The minimum atomic E-state index is -1.09. The number of aliphatic carboxylic acids is 1. The molecule has 0 aliphatic carbocycles. The van der Waals surface area contributed by atoms with Gasteiger partial charge in [-0.1, -0.05) is 13.8 Å². The molecule has 8 heteroatoms. The van der Waals surface area contributed by atoms with E-state index in [1.807, 2.05) is 13.8 Å². The lowest BCUT2D eigenvalue weighted by Crippen LogP contribution is -2.54. The van der Waals surface area contributed by atoms with Crippen molar-refractivity contribution in [2.45, 2.75) is 51.2 Å². The van der Waals surface area contributed by atoms with Crippen molar-refractivity contribution in [1.82, 2.24) is 10.2 Å². The van der Waals surface area contributed by atoms with Crippen molar-refractivity contribution in [2.75, 3.05) is 13.2 Å². The maximum absolute atomic E-state index is 12.3. The summed E-state index contributed by atoms with van der Waals surface area (Å²) < 4.78 is 0. The molecule has 0 spiro atoms. The number of aliphatic hydroxyl groups is 1. The normalized spacial score (nSPS) is 20.8. The van der Waals surface area contributed by atoms with Crippen LogP contribution in [0.2, 0.25) is 0 Å². The number of nitrogens with one attached hydrogen (secondary N) is 1. The molecule has 0 aromatic carbocycles. The summed E-state index contributed by atoms with van der Waals surface area (Å²) in [4.78, 5) is 36.9. The molecule has 1 aliphatic heterocycles. The van der Waals surface area contributed by atoms with E-state index in [1.54, 1.807) is 0 Å². The van der Waals surface area contributed by atoms with Crippen molar-refractivity contribution in [2.24, 2.45) is 11.7 Å². The number of rotatable bonds is 7. The summed E-state index contributed by atoms with van der Waals surface area (Å²) in [6.45, 7) is 3.63. The first-order valence-electron chi connectivity index (χ1n) is 7.48. The summed E-state index contributed by atoms with van der Waals surface area (Å²) in [7, 11) is 0. The van der Waals surface area contributed by atoms with Gasteiger partial charge < -0.3 is 26.2 Å². The van der Waals surface area contributed by atoms with Gasteiger partial charge in [0.25, 0.3) is 0 Å². The van der Waals surface area contributed by atoms with Crippen LogP contribution < -0.4 is 11.1 Å². The molecule has 0 bridgehead atoms. The van der Waals surface area contributed by atoms with E-state index in [-0.39, 0.29) is 5.92 Å². The van der Waals surface area contributed by atoms with E-state index in [0.717, 1.165) is 0 Å². The van der Waals surface area contributed by atoms with Gasteiger partial charge in [-0.15, -0.1) is 0 Å². The van der Waals surface area contributed by atoms with Gasteiger partial charge in [-0.05, 0) is 25.2 Å². The molecule has 3 atom stereocenters. The van der Waals surface area contributed by atoms with E-state index in [1.165, 1.54) is 4.90 Å². The van der Waals surface area contributed by atoms with Crippen LogP contribution in [0.1, 0.15) is 33.1 Å². The van der Waals surface area contributed by atoms with Gasteiger partial charge in [0.15, 0.2) is 0 Å². The highest BCUT2D eigenvalue weighted by Crippen LogP contribution is 2.19. The molecule has 0 aromatic heterocycles. The Morgan fingerprint density at radius 2 is 2.00 bits per heavy atom. The zero-order valence-corrected chi connectivity index (χ0v) is 13.0. The molecule has 0 aromatic rings. The fourth-order valence-corrected chi connectivity index (χ4v) is 2.55. The van der Waals surface area contributed by atoms with Crippen LogP contribution in [0.5, 0.6) is 0 Å². The highest BCUT2D eigenvalue weighted by atomic mass is 16.4. The lowest BCUT2D eigenvalue weighted by atomic mass is 10.0. The largest absolute Gasteiger partial charge is 0.480 e. The standard InChI is InChI=1S/C14H25N3O5/c1-8(2)6-10(14(21)22)16-12(19)11-4-3-5-17(11)13(20)9(15)7-18/h8-11,18H,3-7,15H2,1-2H3,(H,16,19)(H,21,22). The molecule has 2 amide bonds. The lowest BCUT2D eigenvalue weighted by molar-refractivity contribution is -0.144. The van der Waals surface area contributed by atoms with Crippen LogP contribution in [-0.4, -0.2) is 64.2 Å². The molecule has 8 nitrogen and oxygen atoms in total. The molecular formula is C14H25N3O5. The summed E-state index contributed by atoms with van der Waals surface area (Å²) in [5, 5.41) is 20.6. The number of nitrogens with zero attached hydrogens (tertiary/aromatic N) is 1. The highest BCUT2D eigenvalue weighted by Gasteiger charge is 2.37. The zero-order valence-electron chi connectivity index (χ0n) is 13.0. The number of carboxylic acids is 1. The Balaban J connectivity index is 2.74. The number of aliphatic hydroxyl groups excluding tert-OH is 1. The molecule has 1 saturated heterocycles. The summed E-state index contributed by atoms with van der Waals surface area (Å²) in [5.41, 5.74) is 5.51. The molecule has 3 unspecified atom stereocenters. The molecular weight excluding hydrogens is 290 g/mol. The Morgan fingerprint density at radius 1 is 1.36 bits per heavy atom. The first-order valence-corrected chi connectivity index (χ1v) is 7.48. The number of carbonyl (C=O) groups is 3. The molecule has 5 N–H and O–H groups in total. The Morgan fingerprint density at radius 3 is 2.50 bits per heavy atom. The summed E-state index contributed by atoms with van der Waals surface area (Å²) in [6.07, 6.45) is 1.42. The van der Waals surface area contributed by atoms with E-state index in [0.29, 0.717) is 25.8 Å². The molecule has 0 radical (unpaired) electrons. The Labute approximate surface area is 129 Å². The number of carbonyl (C=O) groups excluding carboxylic acids is 2. The van der Waals surface area contributed by atoms with Crippen molar-refractivity contribution >= 4 is 17.8 Å². The zero-order chi connectivity index (χ0) is 16.9. The monoisotopic (exact) mass is 315 g/mol. The number of amides is 2. The first-order chi connectivity index (χ1) is 10.3. The Bertz CT molecular complexity index is 427. The van der Waals surface area contributed by atoms with Gasteiger partial charge in [0.2, 0.25) is 11.8 Å². The SMILES string of the molecule is CC(C)CC(NC(=O)C1CCCN1C(=O)C(N)CO)C(=O)O. The molecule has 1 rings (SSSR count). The minimum absolute atomic E-state index is 0.116. The number of hydrogen-bond donors (Lipinski definition) is 4. The summed E-state index contributed by atoms with van der Waals surface area (Å²) in [6, 6.07) is -2.75. The quantitative estimate of drug-likeness (QED) is 0.472. The van der Waals surface area contributed by atoms with Crippen molar-refractivity contribution in [3.8, 4) is 0 Å². The smallest absolute Gasteiger partial charge is 0.326 e. The van der Waals surface area contributed by atoms with E-state index in [9.17, 15) is 14.4 Å². The third kappa shape index (κ3) is 4.67. The Kier molecular flexibility index (Phi) is 6.76. The third-order valence-corrected chi connectivity index (χ3v) is 3.67. The maximum atomic E-state index is 12.3. The number of likely N-dealkylation sites (tertiary alicyclic amines) is 1. The van der Waals surface area contributed by atoms with Crippen LogP contribution in [-0.2, 0) is 14.4 Å². The molecule has 1 aliphatic rings. The average Bonchev–Trinajstić information content (AvgIpc) is 2.93. The lowest BCUT2D eigenvalue weighted by Gasteiger charge is -2.27. The van der Waals surface area contributed by atoms with Crippen LogP contribution >= 0.6 is 0 Å². The van der Waals surface area contributed by atoms with Gasteiger partial charge in [-0.3, -0.25) is 9.59 Å². The second-order valence-electron chi connectivity index (χ2n) is 6.01. The topological polar surface area (TPSA) is 133 Å². The second kappa shape index (κ2) is 8.09. The number of hydrogen-bond acceptors (Lipinski definition) is 5. The van der Waals surface area contributed by atoms with Crippen molar-refractivity contribution in [3.05, 3.63) is 0 Å². The van der Waals surface area contributed by atoms with Gasteiger partial charge in [-0.2, -0.15) is 0 Å². The van der Waals surface area contributed by atoms with Gasteiger partial charge in [-0.25, -0.2) is 4.79 Å². The van der Waals surface area contributed by atoms with E-state index in [4.69, 9.17) is 15.9 Å². The second-order valence-corrected chi connectivity index (χ2v) is 6.01. The highest BCUT2D eigenvalue weighted by molar-refractivity contribution is 5.92. The molecule has 0 saturated carbocycles. The maximum Gasteiger partial charge on any atom is 0.326 e. The van der Waals surface area contributed by atoms with Gasteiger partial charge in [0, 0.05) is 6.54 Å². The summed E-state index contributed by atoms with van der Waals surface area (Å²) in [5.74, 6) is -1.95. The predicted octanol–water partition coefficient (Wildman–Crippen LogP) is -1.09. The van der Waals surface area contributed by atoms with Crippen molar-refractivity contribution in [3.63, 3.8) is 0 Å². The van der Waals surface area contributed by atoms with Crippen molar-refractivity contribution < 1.29 is 24.6 Å². The number of nitrogens with two attached hydrogens (primary N) is 1. The van der Waals surface area contributed by atoms with Crippen LogP contribution in [0, 0.1) is 5.92 Å². The van der Waals surface area contributed by atoms with Gasteiger partial charge in [0.05, 0.1) is 6.61 Å².